The molecule has 1 aromatic heterocycles. The van der Waals surface area contributed by atoms with E-state index in [4.69, 9.17) is 17.3 Å². The summed E-state index contributed by atoms with van der Waals surface area (Å²) >= 11 is 5.94. The molecule has 0 spiro atoms. The summed E-state index contributed by atoms with van der Waals surface area (Å²) in [7, 11) is 0. The average molecular weight is 303 g/mol. The van der Waals surface area contributed by atoms with Gasteiger partial charge in [-0.2, -0.15) is 0 Å². The van der Waals surface area contributed by atoms with E-state index >= 15 is 0 Å². The molecular formula is C16H19ClN4. The van der Waals surface area contributed by atoms with Gasteiger partial charge in [0.25, 0.3) is 0 Å². The van der Waals surface area contributed by atoms with Crippen LogP contribution in [-0.2, 0) is 12.8 Å². The first-order chi connectivity index (χ1) is 10.2. The number of pyridine rings is 1. The fourth-order valence-corrected chi connectivity index (χ4v) is 2.13. The third-order valence-corrected chi connectivity index (χ3v) is 3.22. The van der Waals surface area contributed by atoms with Crippen LogP contribution in [0, 0.1) is 0 Å². The SMILES string of the molecule is NC(=NCCc1ccccn1)NCCc1cccc(Cl)c1. The molecule has 0 saturated heterocycles. The quantitative estimate of drug-likeness (QED) is 0.636. The number of hydrogen-bond acceptors (Lipinski definition) is 2. The van der Waals surface area contributed by atoms with Crippen molar-refractivity contribution in [1.82, 2.24) is 10.3 Å². The van der Waals surface area contributed by atoms with Crippen molar-refractivity contribution in [1.29, 1.82) is 0 Å². The van der Waals surface area contributed by atoms with E-state index in [9.17, 15) is 0 Å². The number of nitrogens with two attached hydrogens (primary N) is 1. The summed E-state index contributed by atoms with van der Waals surface area (Å²) in [6.07, 6.45) is 3.43. The molecule has 3 N–H and O–H groups in total. The van der Waals surface area contributed by atoms with Gasteiger partial charge in [-0.1, -0.05) is 29.8 Å². The Labute approximate surface area is 130 Å². The lowest BCUT2D eigenvalue weighted by Gasteiger charge is -2.06. The minimum absolute atomic E-state index is 0.466. The minimum Gasteiger partial charge on any atom is -0.370 e. The van der Waals surface area contributed by atoms with Crippen LogP contribution in [0.5, 0.6) is 0 Å². The largest absolute Gasteiger partial charge is 0.370 e. The van der Waals surface area contributed by atoms with E-state index in [0.717, 1.165) is 30.1 Å². The first-order valence-electron chi connectivity index (χ1n) is 6.92. The zero-order valence-corrected chi connectivity index (χ0v) is 12.6. The summed E-state index contributed by atoms with van der Waals surface area (Å²) in [6, 6.07) is 13.7. The molecule has 1 heterocycles. The van der Waals surface area contributed by atoms with E-state index in [0.29, 0.717) is 12.5 Å². The monoisotopic (exact) mass is 302 g/mol. The fourth-order valence-electron chi connectivity index (χ4n) is 1.92. The third kappa shape index (κ3) is 5.83. The Balaban J connectivity index is 1.69. The van der Waals surface area contributed by atoms with E-state index in [1.54, 1.807) is 6.20 Å². The molecule has 0 saturated carbocycles. The Kier molecular flexibility index (Phi) is 6.03. The Morgan fingerprint density at radius 2 is 2.10 bits per heavy atom. The van der Waals surface area contributed by atoms with E-state index in [2.05, 4.69) is 15.3 Å². The van der Waals surface area contributed by atoms with Gasteiger partial charge in [-0.3, -0.25) is 9.98 Å². The standard InChI is InChI=1S/C16H19ClN4/c17-14-5-3-4-13(12-14)7-10-20-16(18)21-11-8-15-6-1-2-9-19-15/h1-6,9,12H,7-8,10-11H2,(H3,18,20,21). The molecule has 0 atom stereocenters. The number of rotatable bonds is 6. The summed E-state index contributed by atoms with van der Waals surface area (Å²) < 4.78 is 0. The minimum atomic E-state index is 0.466. The van der Waals surface area contributed by atoms with E-state index in [1.165, 1.54) is 5.56 Å². The van der Waals surface area contributed by atoms with Crippen LogP contribution >= 0.6 is 11.6 Å². The molecule has 110 valence electrons. The first-order valence-corrected chi connectivity index (χ1v) is 7.30. The molecule has 0 unspecified atom stereocenters. The highest BCUT2D eigenvalue weighted by Crippen LogP contribution is 2.10. The van der Waals surface area contributed by atoms with Crippen molar-refractivity contribution in [3.63, 3.8) is 0 Å². The molecule has 0 radical (unpaired) electrons. The van der Waals surface area contributed by atoms with Gasteiger partial charge < -0.3 is 11.1 Å². The van der Waals surface area contributed by atoms with Crippen molar-refractivity contribution in [2.24, 2.45) is 10.7 Å². The van der Waals surface area contributed by atoms with E-state index in [1.807, 2.05) is 42.5 Å². The zero-order chi connectivity index (χ0) is 14.9. The van der Waals surface area contributed by atoms with Crippen molar-refractivity contribution in [2.75, 3.05) is 13.1 Å². The maximum absolute atomic E-state index is 5.94. The molecule has 0 bridgehead atoms. The molecule has 0 aliphatic carbocycles. The number of benzene rings is 1. The van der Waals surface area contributed by atoms with Crippen LogP contribution in [0.15, 0.2) is 53.7 Å². The van der Waals surface area contributed by atoms with Gasteiger partial charge in [-0.15, -0.1) is 0 Å². The first kappa shape index (κ1) is 15.3. The van der Waals surface area contributed by atoms with Crippen molar-refractivity contribution in [2.45, 2.75) is 12.8 Å². The summed E-state index contributed by atoms with van der Waals surface area (Å²) in [6.45, 7) is 1.37. The average Bonchev–Trinajstić information content (AvgIpc) is 2.48. The number of nitrogens with one attached hydrogen (secondary N) is 1. The molecule has 21 heavy (non-hydrogen) atoms. The van der Waals surface area contributed by atoms with Crippen LogP contribution in [0.25, 0.3) is 0 Å². The third-order valence-electron chi connectivity index (χ3n) is 2.99. The molecule has 0 amide bonds. The van der Waals surface area contributed by atoms with Gasteiger partial charge in [0.15, 0.2) is 5.96 Å². The Morgan fingerprint density at radius 3 is 2.86 bits per heavy atom. The van der Waals surface area contributed by atoms with Crippen molar-refractivity contribution >= 4 is 17.6 Å². The molecule has 5 heteroatoms. The van der Waals surface area contributed by atoms with E-state index in [-0.39, 0.29) is 0 Å². The van der Waals surface area contributed by atoms with Gasteiger partial charge >= 0.3 is 0 Å². The molecule has 0 fully saturated rings. The van der Waals surface area contributed by atoms with Crippen molar-refractivity contribution in [3.8, 4) is 0 Å². The van der Waals surface area contributed by atoms with Crippen LogP contribution in [0.4, 0.5) is 0 Å². The number of aromatic nitrogens is 1. The lowest BCUT2D eigenvalue weighted by atomic mass is 10.1. The van der Waals surface area contributed by atoms with Crippen LogP contribution in [0.1, 0.15) is 11.3 Å². The summed E-state index contributed by atoms with van der Waals surface area (Å²) in [5, 5.41) is 3.86. The second-order valence-corrected chi connectivity index (χ2v) is 5.08. The van der Waals surface area contributed by atoms with Gasteiger partial charge in [-0.25, -0.2) is 0 Å². The number of aliphatic imine (C=N–C) groups is 1. The molecule has 2 aromatic rings. The van der Waals surface area contributed by atoms with Crippen LogP contribution in [0.2, 0.25) is 5.02 Å². The predicted octanol–water partition coefficient (Wildman–Crippen LogP) is 2.42. The van der Waals surface area contributed by atoms with Gasteiger partial charge in [0, 0.05) is 36.4 Å². The molecule has 0 aliphatic rings. The smallest absolute Gasteiger partial charge is 0.188 e. The highest BCUT2D eigenvalue weighted by molar-refractivity contribution is 6.30. The van der Waals surface area contributed by atoms with Crippen LogP contribution in [-0.4, -0.2) is 24.0 Å². The van der Waals surface area contributed by atoms with Gasteiger partial charge in [0.2, 0.25) is 0 Å². The maximum atomic E-state index is 5.94. The van der Waals surface area contributed by atoms with Crippen molar-refractivity contribution in [3.05, 3.63) is 64.9 Å². The van der Waals surface area contributed by atoms with Crippen molar-refractivity contribution < 1.29 is 0 Å². The second-order valence-electron chi connectivity index (χ2n) is 4.64. The Bertz CT molecular complexity index is 584. The lowest BCUT2D eigenvalue weighted by Crippen LogP contribution is -2.33. The molecule has 4 nitrogen and oxygen atoms in total. The predicted molar refractivity (Wildman–Crippen MR) is 87.6 cm³/mol. The second kappa shape index (κ2) is 8.27. The fraction of sp³-hybridized carbons (Fsp3) is 0.250. The highest BCUT2D eigenvalue weighted by atomic mass is 35.5. The summed E-state index contributed by atoms with van der Waals surface area (Å²) in [5.41, 5.74) is 8.02. The highest BCUT2D eigenvalue weighted by Gasteiger charge is 1.96. The Hall–Kier alpha value is -2.07. The molecule has 1 aromatic carbocycles. The van der Waals surface area contributed by atoms with Gasteiger partial charge in [0.1, 0.15) is 0 Å². The molecule has 2 rings (SSSR count). The lowest BCUT2D eigenvalue weighted by molar-refractivity contribution is 0.840. The van der Waals surface area contributed by atoms with Gasteiger partial charge in [-0.05, 0) is 36.2 Å². The summed E-state index contributed by atoms with van der Waals surface area (Å²) in [5.74, 6) is 0.466. The van der Waals surface area contributed by atoms with Gasteiger partial charge in [0.05, 0.1) is 0 Å². The Morgan fingerprint density at radius 1 is 1.19 bits per heavy atom. The summed E-state index contributed by atoms with van der Waals surface area (Å²) in [4.78, 5) is 8.53. The maximum Gasteiger partial charge on any atom is 0.188 e. The zero-order valence-electron chi connectivity index (χ0n) is 11.8. The van der Waals surface area contributed by atoms with E-state index < -0.39 is 0 Å². The number of guanidine groups is 1. The topological polar surface area (TPSA) is 63.3 Å². The van der Waals surface area contributed by atoms with Crippen LogP contribution in [0.3, 0.4) is 0 Å². The number of nitrogens with zero attached hydrogens (tertiary/aromatic N) is 2. The number of hydrogen-bond donors (Lipinski definition) is 2. The normalized spacial score (nSPS) is 11.4. The van der Waals surface area contributed by atoms with Crippen LogP contribution < -0.4 is 11.1 Å². The molecule has 0 aliphatic heterocycles. The number of halogens is 1. The molecular weight excluding hydrogens is 284 g/mol.